The van der Waals surface area contributed by atoms with Crippen molar-refractivity contribution in [3.8, 4) is 6.07 Å². The lowest BCUT2D eigenvalue weighted by Gasteiger charge is -2.21. The fourth-order valence-electron chi connectivity index (χ4n) is 1.26. The summed E-state index contributed by atoms with van der Waals surface area (Å²) in [6.45, 7) is 1.45. The predicted molar refractivity (Wildman–Crippen MR) is 42.1 cm³/mol. The van der Waals surface area contributed by atoms with Crippen molar-refractivity contribution < 1.29 is 9.90 Å². The third-order valence-electron chi connectivity index (χ3n) is 2.28. The largest absolute Gasteiger partial charge is 0.480 e. The number of carboxylic acid groups (broad SMARTS) is 1. The Kier molecular flexibility index (Phi) is 1.85. The zero-order valence-electron chi connectivity index (χ0n) is 7.00. The van der Waals surface area contributed by atoms with Crippen LogP contribution in [0.15, 0.2) is 0 Å². The van der Waals surface area contributed by atoms with Crippen molar-refractivity contribution >= 4 is 5.97 Å². The summed E-state index contributed by atoms with van der Waals surface area (Å²) in [5.74, 6) is -1.04. The topological polar surface area (TPSA) is 87.1 Å². The lowest BCUT2D eigenvalue weighted by molar-refractivity contribution is -0.143. The monoisotopic (exact) mass is 168 g/mol. The number of hydrogen-bond donors (Lipinski definition) is 2. The lowest BCUT2D eigenvalue weighted by atomic mass is 9.88. The van der Waals surface area contributed by atoms with E-state index in [0.29, 0.717) is 0 Å². The van der Waals surface area contributed by atoms with Crippen molar-refractivity contribution in [1.82, 2.24) is 0 Å². The van der Waals surface area contributed by atoms with Crippen LogP contribution in [0.1, 0.15) is 26.2 Å². The molecule has 66 valence electrons. The molecule has 0 aromatic carbocycles. The quantitative estimate of drug-likeness (QED) is 0.641. The Morgan fingerprint density at radius 2 is 2.33 bits per heavy atom. The van der Waals surface area contributed by atoms with Crippen molar-refractivity contribution in [3.63, 3.8) is 0 Å². The van der Waals surface area contributed by atoms with Crippen molar-refractivity contribution in [2.24, 2.45) is 11.1 Å². The SMILES string of the molecule is CC(N)(CC1(C#N)CC1)C(=O)O. The van der Waals surface area contributed by atoms with Gasteiger partial charge in [0, 0.05) is 0 Å². The Morgan fingerprint density at radius 1 is 1.83 bits per heavy atom. The first kappa shape index (κ1) is 9.01. The Morgan fingerprint density at radius 3 is 2.58 bits per heavy atom. The summed E-state index contributed by atoms with van der Waals surface area (Å²) >= 11 is 0. The first-order chi connectivity index (χ1) is 5.42. The van der Waals surface area contributed by atoms with E-state index in [2.05, 4.69) is 6.07 Å². The number of nitrogens with two attached hydrogens (primary N) is 1. The number of carbonyl (C=O) groups is 1. The Balaban J connectivity index is 2.63. The van der Waals surface area contributed by atoms with Gasteiger partial charge in [0.1, 0.15) is 5.54 Å². The number of nitrogens with zero attached hydrogens (tertiary/aromatic N) is 1. The van der Waals surface area contributed by atoms with Gasteiger partial charge in [0.25, 0.3) is 0 Å². The van der Waals surface area contributed by atoms with Crippen LogP contribution in [0.5, 0.6) is 0 Å². The first-order valence-corrected chi connectivity index (χ1v) is 3.85. The normalized spacial score (nSPS) is 23.8. The van der Waals surface area contributed by atoms with Gasteiger partial charge in [-0.15, -0.1) is 0 Å². The maximum atomic E-state index is 10.6. The third-order valence-corrected chi connectivity index (χ3v) is 2.28. The van der Waals surface area contributed by atoms with Gasteiger partial charge >= 0.3 is 5.97 Å². The summed E-state index contributed by atoms with van der Waals surface area (Å²) < 4.78 is 0. The molecule has 0 heterocycles. The standard InChI is InChI=1S/C8H12N2O2/c1-7(10,6(11)12)4-8(5-9)2-3-8/h2-4,10H2,1H3,(H,11,12). The van der Waals surface area contributed by atoms with E-state index in [0.717, 1.165) is 12.8 Å². The van der Waals surface area contributed by atoms with Crippen LogP contribution >= 0.6 is 0 Å². The second-order valence-electron chi connectivity index (χ2n) is 3.79. The summed E-state index contributed by atoms with van der Waals surface area (Å²) in [7, 11) is 0. The molecule has 0 aromatic rings. The molecule has 1 rings (SSSR count). The summed E-state index contributed by atoms with van der Waals surface area (Å²) in [5.41, 5.74) is 3.81. The Hall–Kier alpha value is -1.08. The minimum absolute atomic E-state index is 0.256. The van der Waals surface area contributed by atoms with Crippen LogP contribution in [0, 0.1) is 16.7 Å². The van der Waals surface area contributed by atoms with Crippen LogP contribution in [-0.2, 0) is 4.79 Å². The van der Waals surface area contributed by atoms with Gasteiger partial charge in [-0.3, -0.25) is 4.79 Å². The van der Waals surface area contributed by atoms with E-state index < -0.39 is 16.9 Å². The first-order valence-electron chi connectivity index (χ1n) is 3.85. The van der Waals surface area contributed by atoms with Crippen molar-refractivity contribution in [3.05, 3.63) is 0 Å². The fourth-order valence-corrected chi connectivity index (χ4v) is 1.26. The van der Waals surface area contributed by atoms with Crippen LogP contribution in [0.3, 0.4) is 0 Å². The highest BCUT2D eigenvalue weighted by atomic mass is 16.4. The van der Waals surface area contributed by atoms with E-state index in [1.807, 2.05) is 0 Å². The van der Waals surface area contributed by atoms with Crippen LogP contribution in [0.25, 0.3) is 0 Å². The Labute approximate surface area is 71.0 Å². The highest BCUT2D eigenvalue weighted by Crippen LogP contribution is 2.50. The molecule has 4 heteroatoms. The molecule has 1 saturated carbocycles. The van der Waals surface area contributed by atoms with Gasteiger partial charge in [-0.2, -0.15) is 5.26 Å². The second-order valence-corrected chi connectivity index (χ2v) is 3.79. The summed E-state index contributed by atoms with van der Waals surface area (Å²) in [6.07, 6.45) is 1.82. The zero-order chi connectivity index (χ0) is 9.41. The highest BCUT2D eigenvalue weighted by molar-refractivity contribution is 5.78. The number of rotatable bonds is 3. The third kappa shape index (κ3) is 1.56. The molecule has 0 spiro atoms. The van der Waals surface area contributed by atoms with Gasteiger partial charge in [-0.05, 0) is 26.2 Å². The number of carboxylic acids is 1. The van der Waals surface area contributed by atoms with E-state index >= 15 is 0 Å². The molecule has 1 aliphatic carbocycles. The smallest absolute Gasteiger partial charge is 0.323 e. The van der Waals surface area contributed by atoms with Gasteiger partial charge in [0.05, 0.1) is 11.5 Å². The molecule has 0 saturated heterocycles. The molecule has 3 N–H and O–H groups in total. The van der Waals surface area contributed by atoms with E-state index in [4.69, 9.17) is 16.1 Å². The molecular formula is C8H12N2O2. The minimum atomic E-state index is -1.26. The van der Waals surface area contributed by atoms with Crippen molar-refractivity contribution in [2.75, 3.05) is 0 Å². The summed E-state index contributed by atoms with van der Waals surface area (Å²) in [4.78, 5) is 10.6. The molecule has 12 heavy (non-hydrogen) atoms. The molecular weight excluding hydrogens is 156 g/mol. The number of hydrogen-bond acceptors (Lipinski definition) is 3. The van der Waals surface area contributed by atoms with E-state index in [1.54, 1.807) is 0 Å². The van der Waals surface area contributed by atoms with E-state index in [1.165, 1.54) is 6.92 Å². The van der Waals surface area contributed by atoms with E-state index in [-0.39, 0.29) is 6.42 Å². The molecule has 0 aliphatic heterocycles. The predicted octanol–water partition coefficient (Wildman–Crippen LogP) is 0.482. The fraction of sp³-hybridized carbons (Fsp3) is 0.750. The van der Waals surface area contributed by atoms with Crippen LogP contribution in [0.2, 0.25) is 0 Å². The second kappa shape index (κ2) is 2.46. The molecule has 4 nitrogen and oxygen atoms in total. The van der Waals surface area contributed by atoms with Crippen LogP contribution in [-0.4, -0.2) is 16.6 Å². The zero-order valence-corrected chi connectivity index (χ0v) is 7.00. The van der Waals surface area contributed by atoms with Gasteiger partial charge in [0.15, 0.2) is 0 Å². The highest BCUT2D eigenvalue weighted by Gasteiger charge is 2.49. The van der Waals surface area contributed by atoms with Gasteiger partial charge in [0.2, 0.25) is 0 Å². The number of aliphatic carboxylic acids is 1. The molecule has 1 unspecified atom stereocenters. The molecule has 1 atom stereocenters. The number of nitriles is 1. The average molecular weight is 168 g/mol. The summed E-state index contributed by atoms with van der Waals surface area (Å²) in [5, 5.41) is 17.4. The average Bonchev–Trinajstić information content (AvgIpc) is 2.68. The maximum absolute atomic E-state index is 10.6. The molecule has 1 fully saturated rings. The molecule has 1 aliphatic rings. The molecule has 0 aromatic heterocycles. The van der Waals surface area contributed by atoms with E-state index in [9.17, 15) is 4.79 Å². The minimum Gasteiger partial charge on any atom is -0.480 e. The molecule has 0 amide bonds. The van der Waals surface area contributed by atoms with Gasteiger partial charge in [-0.1, -0.05) is 0 Å². The van der Waals surface area contributed by atoms with Crippen LogP contribution in [0.4, 0.5) is 0 Å². The van der Waals surface area contributed by atoms with Gasteiger partial charge < -0.3 is 10.8 Å². The van der Waals surface area contributed by atoms with Crippen molar-refractivity contribution in [1.29, 1.82) is 5.26 Å². The summed E-state index contributed by atoms with van der Waals surface area (Å²) in [6, 6.07) is 2.12. The van der Waals surface area contributed by atoms with Crippen LogP contribution < -0.4 is 5.73 Å². The van der Waals surface area contributed by atoms with Crippen molar-refractivity contribution in [2.45, 2.75) is 31.7 Å². The Bertz CT molecular complexity index is 248. The lowest BCUT2D eigenvalue weighted by Crippen LogP contribution is -2.46. The maximum Gasteiger partial charge on any atom is 0.323 e. The molecule has 0 bridgehead atoms. The molecule has 0 radical (unpaired) electrons. The van der Waals surface area contributed by atoms with Gasteiger partial charge in [-0.25, -0.2) is 0 Å².